The highest BCUT2D eigenvalue weighted by Crippen LogP contribution is 2.17. The van der Waals surface area contributed by atoms with Crippen LogP contribution in [0.2, 0.25) is 5.02 Å². The van der Waals surface area contributed by atoms with E-state index in [1.165, 1.54) is 5.56 Å². The second-order valence-corrected chi connectivity index (χ2v) is 2.64. The van der Waals surface area contributed by atoms with E-state index in [1.54, 1.807) is 6.08 Å². The second kappa shape index (κ2) is 2.89. The lowest BCUT2D eigenvalue weighted by Gasteiger charge is -1.97. The molecule has 0 bridgehead atoms. The Bertz CT molecular complexity index is 251. The zero-order chi connectivity index (χ0) is 7.56. The molecule has 10 heavy (non-hydrogen) atoms. The van der Waals surface area contributed by atoms with Gasteiger partial charge >= 0.3 is 0 Å². The summed E-state index contributed by atoms with van der Waals surface area (Å²) in [5.74, 6) is 0. The highest BCUT2D eigenvalue weighted by atomic mass is 35.5. The molecule has 0 aliphatic heterocycles. The first-order chi connectivity index (χ1) is 4.74. The summed E-state index contributed by atoms with van der Waals surface area (Å²) in [6.07, 6.45) is 1.75. The largest absolute Gasteiger partial charge is 0.0984 e. The molecule has 0 N–H and O–H groups in total. The van der Waals surface area contributed by atoms with E-state index in [9.17, 15) is 0 Å². The number of benzene rings is 1. The number of hydrogen-bond donors (Lipinski definition) is 0. The van der Waals surface area contributed by atoms with Crippen LogP contribution < -0.4 is 0 Å². The Balaban J connectivity index is 3.19. The first kappa shape index (κ1) is 7.36. The lowest BCUT2D eigenvalue weighted by Crippen LogP contribution is -1.75. The molecule has 0 unspecified atom stereocenters. The van der Waals surface area contributed by atoms with Gasteiger partial charge in [-0.1, -0.05) is 36.4 Å². The molecular weight excluding hydrogens is 144 g/mol. The Morgan fingerprint density at radius 3 is 2.70 bits per heavy atom. The molecule has 0 amide bonds. The van der Waals surface area contributed by atoms with Gasteiger partial charge in [-0.2, -0.15) is 0 Å². The molecule has 52 valence electrons. The molecule has 0 saturated carbocycles. The maximum Gasteiger partial charge on any atom is 0.0480 e. The van der Waals surface area contributed by atoms with Gasteiger partial charge in [-0.05, 0) is 24.1 Å². The fraction of sp³-hybridized carbons (Fsp3) is 0.111. The predicted molar refractivity (Wildman–Crippen MR) is 46.3 cm³/mol. The Morgan fingerprint density at radius 2 is 2.20 bits per heavy atom. The van der Waals surface area contributed by atoms with Gasteiger partial charge in [-0.25, -0.2) is 0 Å². The van der Waals surface area contributed by atoms with Gasteiger partial charge in [0.25, 0.3) is 0 Å². The summed E-state index contributed by atoms with van der Waals surface area (Å²) in [6, 6.07) is 5.91. The van der Waals surface area contributed by atoms with Crippen molar-refractivity contribution in [2.45, 2.75) is 6.92 Å². The predicted octanol–water partition coefficient (Wildman–Crippen LogP) is 3.29. The van der Waals surface area contributed by atoms with Gasteiger partial charge in [0.2, 0.25) is 0 Å². The first-order valence-corrected chi connectivity index (χ1v) is 3.50. The molecule has 0 atom stereocenters. The Kier molecular flexibility index (Phi) is 2.13. The van der Waals surface area contributed by atoms with E-state index in [2.05, 4.69) is 6.58 Å². The van der Waals surface area contributed by atoms with E-state index >= 15 is 0 Å². The second-order valence-electron chi connectivity index (χ2n) is 2.23. The van der Waals surface area contributed by atoms with Crippen LogP contribution in [0.4, 0.5) is 0 Å². The highest BCUT2D eigenvalue weighted by molar-refractivity contribution is 6.32. The first-order valence-electron chi connectivity index (χ1n) is 3.12. The average molecular weight is 153 g/mol. The fourth-order valence-corrected chi connectivity index (χ4v) is 1.11. The van der Waals surface area contributed by atoms with E-state index in [4.69, 9.17) is 11.6 Å². The van der Waals surface area contributed by atoms with Crippen LogP contribution in [-0.2, 0) is 0 Å². The normalized spacial score (nSPS) is 9.40. The van der Waals surface area contributed by atoms with Gasteiger partial charge in [-0.3, -0.25) is 0 Å². The number of aryl methyl sites for hydroxylation is 1. The molecule has 0 radical (unpaired) electrons. The maximum absolute atomic E-state index is 5.86. The molecule has 0 fully saturated rings. The minimum atomic E-state index is 0.773. The van der Waals surface area contributed by atoms with Crippen molar-refractivity contribution in [3.63, 3.8) is 0 Å². The molecule has 1 aromatic carbocycles. The summed E-state index contributed by atoms with van der Waals surface area (Å²) in [4.78, 5) is 0. The molecule has 0 aliphatic rings. The fourth-order valence-electron chi connectivity index (χ4n) is 0.798. The van der Waals surface area contributed by atoms with Crippen LogP contribution in [0.1, 0.15) is 11.1 Å². The molecule has 0 aromatic heterocycles. The lowest BCUT2D eigenvalue weighted by atomic mass is 10.1. The van der Waals surface area contributed by atoms with Crippen LogP contribution >= 0.6 is 11.6 Å². The van der Waals surface area contributed by atoms with Crippen molar-refractivity contribution in [2.24, 2.45) is 0 Å². The third-order valence-corrected chi connectivity index (χ3v) is 1.70. The summed E-state index contributed by atoms with van der Waals surface area (Å²) in [5, 5.41) is 0.773. The summed E-state index contributed by atoms with van der Waals surface area (Å²) in [6.45, 7) is 5.65. The van der Waals surface area contributed by atoms with Gasteiger partial charge in [0.1, 0.15) is 0 Å². The molecular formula is C9H9Cl. The lowest BCUT2D eigenvalue weighted by molar-refractivity contribution is 1.46. The molecule has 0 heterocycles. The van der Waals surface area contributed by atoms with Crippen LogP contribution in [0, 0.1) is 6.92 Å². The highest BCUT2D eigenvalue weighted by Gasteiger charge is 1.93. The maximum atomic E-state index is 5.86. The summed E-state index contributed by atoms with van der Waals surface area (Å²) >= 11 is 5.86. The van der Waals surface area contributed by atoms with Crippen molar-refractivity contribution in [3.8, 4) is 0 Å². The van der Waals surface area contributed by atoms with E-state index in [0.29, 0.717) is 0 Å². The number of hydrogen-bond acceptors (Lipinski definition) is 0. The van der Waals surface area contributed by atoms with Crippen molar-refractivity contribution in [3.05, 3.63) is 40.9 Å². The summed E-state index contributed by atoms with van der Waals surface area (Å²) < 4.78 is 0. The van der Waals surface area contributed by atoms with Gasteiger partial charge in [-0.15, -0.1) is 0 Å². The van der Waals surface area contributed by atoms with Gasteiger partial charge in [0, 0.05) is 5.02 Å². The van der Waals surface area contributed by atoms with Crippen molar-refractivity contribution in [1.82, 2.24) is 0 Å². The Labute approximate surface area is 66.1 Å². The van der Waals surface area contributed by atoms with Crippen LogP contribution in [0.3, 0.4) is 0 Å². The minimum Gasteiger partial charge on any atom is -0.0984 e. The van der Waals surface area contributed by atoms with E-state index in [1.807, 2.05) is 25.1 Å². The van der Waals surface area contributed by atoms with E-state index in [-0.39, 0.29) is 0 Å². The SMILES string of the molecule is C=Cc1ccc(C)cc1Cl. The number of halogens is 1. The Morgan fingerprint density at radius 1 is 1.50 bits per heavy atom. The van der Waals surface area contributed by atoms with Crippen molar-refractivity contribution in [1.29, 1.82) is 0 Å². The van der Waals surface area contributed by atoms with Crippen LogP contribution in [0.15, 0.2) is 24.8 Å². The van der Waals surface area contributed by atoms with Crippen molar-refractivity contribution in [2.75, 3.05) is 0 Å². The van der Waals surface area contributed by atoms with Crippen LogP contribution in [-0.4, -0.2) is 0 Å². The summed E-state index contributed by atoms with van der Waals surface area (Å²) in [7, 11) is 0. The molecule has 0 nitrogen and oxygen atoms in total. The van der Waals surface area contributed by atoms with Crippen molar-refractivity contribution >= 4 is 17.7 Å². The third-order valence-electron chi connectivity index (χ3n) is 1.38. The minimum absolute atomic E-state index is 0.773. The van der Waals surface area contributed by atoms with E-state index in [0.717, 1.165) is 10.6 Å². The molecule has 0 saturated heterocycles. The molecule has 0 aliphatic carbocycles. The number of rotatable bonds is 1. The smallest absolute Gasteiger partial charge is 0.0480 e. The Hall–Kier alpha value is -0.750. The van der Waals surface area contributed by atoms with Gasteiger partial charge in [0.15, 0.2) is 0 Å². The molecule has 0 spiro atoms. The standard InChI is InChI=1S/C9H9Cl/c1-3-8-5-4-7(2)6-9(8)10/h3-6H,1H2,2H3. The molecule has 1 heteroatoms. The third kappa shape index (κ3) is 1.39. The molecule has 1 rings (SSSR count). The van der Waals surface area contributed by atoms with Crippen LogP contribution in [0.25, 0.3) is 6.08 Å². The molecule has 1 aromatic rings. The van der Waals surface area contributed by atoms with Crippen LogP contribution in [0.5, 0.6) is 0 Å². The van der Waals surface area contributed by atoms with E-state index < -0.39 is 0 Å². The summed E-state index contributed by atoms with van der Waals surface area (Å²) in [5.41, 5.74) is 2.17. The quantitative estimate of drug-likeness (QED) is 0.580. The topological polar surface area (TPSA) is 0 Å². The van der Waals surface area contributed by atoms with Crippen molar-refractivity contribution < 1.29 is 0 Å². The van der Waals surface area contributed by atoms with Gasteiger partial charge in [0.05, 0.1) is 0 Å². The monoisotopic (exact) mass is 152 g/mol. The zero-order valence-electron chi connectivity index (χ0n) is 5.89. The average Bonchev–Trinajstić information content (AvgIpc) is 1.88. The zero-order valence-corrected chi connectivity index (χ0v) is 6.65. The van der Waals surface area contributed by atoms with Gasteiger partial charge < -0.3 is 0 Å².